The number of H-pyrrole nitrogens is 1. The van der Waals surface area contributed by atoms with Crippen LogP contribution in [-0.4, -0.2) is 9.97 Å². The second-order valence-electron chi connectivity index (χ2n) is 4.28. The molecule has 1 N–H and O–H groups in total. The Kier molecular flexibility index (Phi) is 1.83. The lowest BCUT2D eigenvalue weighted by atomic mass is 10.1. The lowest BCUT2D eigenvalue weighted by Gasteiger charge is -1.95. The smallest absolute Gasteiger partial charge is 0.138 e. The Morgan fingerprint density at radius 1 is 1.00 bits per heavy atom. The summed E-state index contributed by atoms with van der Waals surface area (Å²) >= 11 is 0. The zero-order valence-corrected chi connectivity index (χ0v) is 9.55. The summed E-state index contributed by atoms with van der Waals surface area (Å²) in [5.41, 5.74) is 3.95. The Morgan fingerprint density at radius 2 is 1.94 bits per heavy atom. The number of imidazole rings is 1. The van der Waals surface area contributed by atoms with Crippen LogP contribution < -0.4 is 0 Å². The molecular formula is C15H10N2O. The van der Waals surface area contributed by atoms with Crippen molar-refractivity contribution in [3.8, 4) is 11.4 Å². The van der Waals surface area contributed by atoms with Crippen molar-refractivity contribution in [2.75, 3.05) is 0 Å². The molecule has 0 radical (unpaired) electrons. The number of nitrogens with one attached hydrogen (secondary N) is 1. The predicted octanol–water partition coefficient (Wildman–Crippen LogP) is 3.98. The average Bonchev–Trinajstić information content (AvgIpc) is 3.04. The van der Waals surface area contributed by atoms with Crippen LogP contribution in [0.2, 0.25) is 0 Å². The standard InChI is InChI=1S/C15H10N2O/c1-2-4-13-12(3-1)16-15(17-13)11-6-5-10-7-8-18-14(10)9-11/h1-9H,(H,16,17). The molecule has 0 saturated carbocycles. The zero-order chi connectivity index (χ0) is 11.9. The fourth-order valence-electron chi connectivity index (χ4n) is 2.19. The molecule has 0 aliphatic carbocycles. The van der Waals surface area contributed by atoms with Gasteiger partial charge in [-0.3, -0.25) is 0 Å². The van der Waals surface area contributed by atoms with Crippen LogP contribution in [0.5, 0.6) is 0 Å². The van der Waals surface area contributed by atoms with Crippen molar-refractivity contribution < 1.29 is 4.42 Å². The van der Waals surface area contributed by atoms with Gasteiger partial charge in [-0.15, -0.1) is 0 Å². The summed E-state index contributed by atoms with van der Waals surface area (Å²) in [6.45, 7) is 0. The maximum atomic E-state index is 5.41. The van der Waals surface area contributed by atoms with Gasteiger partial charge in [-0.1, -0.05) is 24.3 Å². The number of hydrogen-bond acceptors (Lipinski definition) is 2. The van der Waals surface area contributed by atoms with E-state index in [0.29, 0.717) is 0 Å². The number of nitrogens with zero attached hydrogens (tertiary/aromatic N) is 1. The number of fused-ring (bicyclic) bond motifs is 2. The van der Waals surface area contributed by atoms with Crippen LogP contribution in [0.3, 0.4) is 0 Å². The first-order valence-electron chi connectivity index (χ1n) is 5.82. The fourth-order valence-corrected chi connectivity index (χ4v) is 2.19. The fraction of sp³-hybridized carbons (Fsp3) is 0. The van der Waals surface area contributed by atoms with Crippen LogP contribution in [0.25, 0.3) is 33.4 Å². The molecule has 3 heteroatoms. The molecule has 2 aromatic heterocycles. The lowest BCUT2D eigenvalue weighted by molar-refractivity contribution is 0.616. The molecule has 0 saturated heterocycles. The van der Waals surface area contributed by atoms with Crippen LogP contribution in [0.4, 0.5) is 0 Å². The molecule has 3 nitrogen and oxygen atoms in total. The molecule has 4 aromatic rings. The summed E-state index contributed by atoms with van der Waals surface area (Å²) in [6, 6.07) is 16.1. The van der Waals surface area contributed by atoms with E-state index >= 15 is 0 Å². The predicted molar refractivity (Wildman–Crippen MR) is 71.3 cm³/mol. The Balaban J connectivity index is 1.94. The Hall–Kier alpha value is -2.55. The van der Waals surface area contributed by atoms with Crippen molar-refractivity contribution in [3.63, 3.8) is 0 Å². The maximum absolute atomic E-state index is 5.41. The molecule has 2 heterocycles. The molecule has 0 unspecified atom stereocenters. The molecule has 2 aromatic carbocycles. The second-order valence-corrected chi connectivity index (χ2v) is 4.28. The van der Waals surface area contributed by atoms with Crippen LogP contribution in [0.15, 0.2) is 59.2 Å². The van der Waals surface area contributed by atoms with Gasteiger partial charge in [-0.2, -0.15) is 0 Å². The van der Waals surface area contributed by atoms with E-state index in [1.165, 1.54) is 0 Å². The van der Waals surface area contributed by atoms with E-state index in [4.69, 9.17) is 4.42 Å². The second kappa shape index (κ2) is 3.47. The molecule has 86 valence electrons. The summed E-state index contributed by atoms with van der Waals surface area (Å²) in [7, 11) is 0. The lowest BCUT2D eigenvalue weighted by Crippen LogP contribution is -1.79. The third-order valence-corrected chi connectivity index (χ3v) is 3.12. The van der Waals surface area contributed by atoms with Crippen molar-refractivity contribution in [1.29, 1.82) is 0 Å². The quantitative estimate of drug-likeness (QED) is 0.541. The summed E-state index contributed by atoms with van der Waals surface area (Å²) in [5, 5.41) is 1.11. The number of para-hydroxylation sites is 2. The first-order chi connectivity index (χ1) is 8.90. The third kappa shape index (κ3) is 1.34. The number of aromatic nitrogens is 2. The summed E-state index contributed by atoms with van der Waals surface area (Å²) in [4.78, 5) is 7.89. The van der Waals surface area contributed by atoms with E-state index in [-0.39, 0.29) is 0 Å². The minimum Gasteiger partial charge on any atom is -0.464 e. The molecule has 4 rings (SSSR count). The number of hydrogen-bond donors (Lipinski definition) is 1. The summed E-state index contributed by atoms with van der Waals surface area (Å²) < 4.78 is 5.41. The van der Waals surface area contributed by atoms with E-state index in [2.05, 4.69) is 16.0 Å². The van der Waals surface area contributed by atoms with Gasteiger partial charge in [0, 0.05) is 10.9 Å². The van der Waals surface area contributed by atoms with E-state index in [0.717, 1.165) is 33.4 Å². The van der Waals surface area contributed by atoms with Crippen molar-refractivity contribution in [3.05, 3.63) is 54.8 Å². The molecule has 0 amide bonds. The minimum atomic E-state index is 0.870. The van der Waals surface area contributed by atoms with Crippen LogP contribution in [0.1, 0.15) is 0 Å². The van der Waals surface area contributed by atoms with Gasteiger partial charge >= 0.3 is 0 Å². The molecule has 0 aliphatic heterocycles. The molecule has 0 atom stereocenters. The molecule has 0 fully saturated rings. The Labute approximate surface area is 103 Å². The van der Waals surface area contributed by atoms with E-state index in [9.17, 15) is 0 Å². The first-order valence-corrected chi connectivity index (χ1v) is 5.82. The minimum absolute atomic E-state index is 0.870. The van der Waals surface area contributed by atoms with Crippen LogP contribution >= 0.6 is 0 Å². The molecule has 0 aliphatic rings. The van der Waals surface area contributed by atoms with Gasteiger partial charge < -0.3 is 9.40 Å². The van der Waals surface area contributed by atoms with Crippen LogP contribution in [0, 0.1) is 0 Å². The van der Waals surface area contributed by atoms with Gasteiger partial charge in [-0.25, -0.2) is 4.98 Å². The largest absolute Gasteiger partial charge is 0.464 e. The first kappa shape index (κ1) is 9.48. The summed E-state index contributed by atoms with van der Waals surface area (Å²) in [5.74, 6) is 0.870. The number of aromatic amines is 1. The van der Waals surface area contributed by atoms with Crippen molar-refractivity contribution in [1.82, 2.24) is 9.97 Å². The van der Waals surface area contributed by atoms with Crippen molar-refractivity contribution in [2.45, 2.75) is 0 Å². The number of benzene rings is 2. The SMILES string of the molecule is c1ccc2[nH]c(-c3ccc4ccoc4c3)nc2c1. The van der Waals surface area contributed by atoms with Gasteiger partial charge in [0.25, 0.3) is 0 Å². The number of furan rings is 1. The maximum Gasteiger partial charge on any atom is 0.138 e. The normalized spacial score (nSPS) is 11.3. The third-order valence-electron chi connectivity index (χ3n) is 3.12. The van der Waals surface area contributed by atoms with Crippen molar-refractivity contribution >= 4 is 22.0 Å². The Morgan fingerprint density at radius 3 is 2.89 bits per heavy atom. The summed E-state index contributed by atoms with van der Waals surface area (Å²) in [6.07, 6.45) is 1.70. The van der Waals surface area contributed by atoms with E-state index < -0.39 is 0 Å². The highest BCUT2D eigenvalue weighted by Gasteiger charge is 2.06. The monoisotopic (exact) mass is 234 g/mol. The van der Waals surface area contributed by atoms with E-state index in [1.807, 2.05) is 42.5 Å². The van der Waals surface area contributed by atoms with Gasteiger partial charge in [0.15, 0.2) is 0 Å². The van der Waals surface area contributed by atoms with E-state index in [1.54, 1.807) is 6.26 Å². The highest BCUT2D eigenvalue weighted by atomic mass is 16.3. The average molecular weight is 234 g/mol. The highest BCUT2D eigenvalue weighted by Crippen LogP contribution is 2.24. The molecule has 0 spiro atoms. The molecule has 0 bridgehead atoms. The van der Waals surface area contributed by atoms with Gasteiger partial charge in [0.2, 0.25) is 0 Å². The van der Waals surface area contributed by atoms with Gasteiger partial charge in [0.1, 0.15) is 11.4 Å². The highest BCUT2D eigenvalue weighted by molar-refractivity contribution is 5.84. The van der Waals surface area contributed by atoms with Crippen LogP contribution in [-0.2, 0) is 0 Å². The van der Waals surface area contributed by atoms with Gasteiger partial charge in [-0.05, 0) is 24.3 Å². The topological polar surface area (TPSA) is 41.8 Å². The Bertz CT molecular complexity index is 809. The van der Waals surface area contributed by atoms with Crippen molar-refractivity contribution in [2.24, 2.45) is 0 Å². The molecular weight excluding hydrogens is 224 g/mol. The zero-order valence-electron chi connectivity index (χ0n) is 9.55. The van der Waals surface area contributed by atoms with Gasteiger partial charge in [0.05, 0.1) is 17.3 Å². The molecule has 18 heavy (non-hydrogen) atoms. The number of rotatable bonds is 1.